The van der Waals surface area contributed by atoms with Crippen molar-refractivity contribution in [1.82, 2.24) is 0 Å². The lowest BCUT2D eigenvalue weighted by atomic mass is 9.89. The van der Waals surface area contributed by atoms with E-state index in [1.165, 1.54) is 30.0 Å². The van der Waals surface area contributed by atoms with Gasteiger partial charge in [-0.1, -0.05) is 0 Å². The monoisotopic (exact) mass is 353 g/mol. The van der Waals surface area contributed by atoms with Crippen LogP contribution in [0.2, 0.25) is 0 Å². The molecule has 0 spiro atoms. The van der Waals surface area contributed by atoms with Crippen molar-refractivity contribution in [2.45, 2.75) is 25.7 Å². The van der Waals surface area contributed by atoms with Crippen LogP contribution in [0.4, 0.5) is 17.1 Å². The molecule has 2 N–H and O–H groups in total. The minimum atomic E-state index is -0.534. The number of aryl methyl sites for hydroxylation is 1. The summed E-state index contributed by atoms with van der Waals surface area (Å²) in [4.78, 5) is 16.9. The first-order chi connectivity index (χ1) is 12.5. The van der Waals surface area contributed by atoms with Crippen molar-refractivity contribution in [3.05, 3.63) is 51.1 Å². The van der Waals surface area contributed by atoms with Gasteiger partial charge in [0.2, 0.25) is 0 Å². The fourth-order valence-corrected chi connectivity index (χ4v) is 3.83. The van der Waals surface area contributed by atoms with Gasteiger partial charge in [-0.25, -0.2) is 0 Å². The van der Waals surface area contributed by atoms with Crippen LogP contribution in [0.25, 0.3) is 0 Å². The van der Waals surface area contributed by atoms with Gasteiger partial charge in [0.25, 0.3) is 5.69 Å². The third-order valence-electron chi connectivity index (χ3n) is 5.04. The summed E-state index contributed by atoms with van der Waals surface area (Å²) < 4.78 is 0. The summed E-state index contributed by atoms with van der Waals surface area (Å²) in [5.74, 6) is 0.0702. The first kappa shape index (κ1) is 16.4. The van der Waals surface area contributed by atoms with Crippen LogP contribution in [-0.2, 0) is 12.8 Å². The number of hydrogen-bond acceptors (Lipinski definition) is 6. The van der Waals surface area contributed by atoms with Crippen LogP contribution in [0.1, 0.15) is 29.5 Å². The zero-order valence-electron chi connectivity index (χ0n) is 14.2. The van der Waals surface area contributed by atoms with Gasteiger partial charge in [0, 0.05) is 48.3 Å². The molecule has 0 bridgehead atoms. The second kappa shape index (κ2) is 6.33. The Hall–Kier alpha value is -3.09. The Morgan fingerprint density at radius 1 is 1.15 bits per heavy atom. The summed E-state index contributed by atoms with van der Waals surface area (Å²) in [6.45, 7) is 2.04. The SMILES string of the molecule is O=[N+]([O-])c1ccc(O)c(N=Cc2cc3c4c(c2O)CCCN4CCC3)c1. The lowest BCUT2D eigenvalue weighted by molar-refractivity contribution is -0.384. The van der Waals surface area contributed by atoms with Gasteiger partial charge in [0.1, 0.15) is 17.2 Å². The summed E-state index contributed by atoms with van der Waals surface area (Å²) in [5.41, 5.74) is 3.86. The number of nitro benzene ring substituents is 1. The van der Waals surface area contributed by atoms with Crippen LogP contribution in [0.3, 0.4) is 0 Å². The normalized spacial score (nSPS) is 15.9. The second-order valence-electron chi connectivity index (χ2n) is 6.68. The summed E-state index contributed by atoms with van der Waals surface area (Å²) >= 11 is 0. The van der Waals surface area contributed by atoms with E-state index in [1.54, 1.807) is 0 Å². The number of anilines is 1. The van der Waals surface area contributed by atoms with Crippen molar-refractivity contribution in [1.29, 1.82) is 0 Å². The number of aliphatic imine (C=N–C) groups is 1. The molecule has 26 heavy (non-hydrogen) atoms. The molecule has 0 saturated heterocycles. The number of benzene rings is 2. The third kappa shape index (κ3) is 2.75. The molecule has 0 amide bonds. The minimum absolute atomic E-state index is 0.103. The number of aromatic hydroxyl groups is 2. The molecular formula is C19H19N3O4. The van der Waals surface area contributed by atoms with Crippen molar-refractivity contribution in [2.24, 2.45) is 4.99 Å². The molecule has 0 atom stereocenters. The zero-order chi connectivity index (χ0) is 18.3. The van der Waals surface area contributed by atoms with Crippen LogP contribution >= 0.6 is 0 Å². The Labute approximate surface area is 150 Å². The fraction of sp³-hybridized carbons (Fsp3) is 0.316. The van der Waals surface area contributed by atoms with Gasteiger partial charge in [-0.3, -0.25) is 15.1 Å². The molecule has 134 valence electrons. The van der Waals surface area contributed by atoms with E-state index in [9.17, 15) is 20.3 Å². The van der Waals surface area contributed by atoms with Crippen LogP contribution in [0, 0.1) is 10.1 Å². The molecule has 7 heteroatoms. The maximum atomic E-state index is 10.9. The van der Waals surface area contributed by atoms with Gasteiger partial charge in [-0.2, -0.15) is 0 Å². The van der Waals surface area contributed by atoms with E-state index in [4.69, 9.17) is 0 Å². The standard InChI is InChI=1S/C19H19N3O4/c23-17-6-5-14(22(25)26)10-16(17)20-11-13-9-12-3-1-7-21-8-2-4-15(18(12)21)19(13)24/h5-6,9-11,23-24H,1-4,7-8H2. The minimum Gasteiger partial charge on any atom is -0.507 e. The van der Waals surface area contributed by atoms with Crippen LogP contribution < -0.4 is 4.90 Å². The Balaban J connectivity index is 1.75. The lowest BCUT2D eigenvalue weighted by Crippen LogP contribution is -2.34. The Kier molecular flexibility index (Phi) is 3.99. The van der Waals surface area contributed by atoms with Gasteiger partial charge < -0.3 is 15.1 Å². The zero-order valence-corrected chi connectivity index (χ0v) is 14.2. The summed E-state index contributed by atoms with van der Waals surface area (Å²) in [5, 5.41) is 31.5. The fourth-order valence-electron chi connectivity index (χ4n) is 3.83. The maximum absolute atomic E-state index is 10.9. The number of nitro groups is 1. The molecule has 0 unspecified atom stereocenters. The predicted octanol–water partition coefficient (Wildman–Crippen LogP) is 3.46. The van der Waals surface area contributed by atoms with Crippen molar-refractivity contribution >= 4 is 23.3 Å². The summed E-state index contributed by atoms with van der Waals surface area (Å²) in [6.07, 6.45) is 5.35. The van der Waals surface area contributed by atoms with Gasteiger partial charge in [0.05, 0.1) is 4.92 Å². The molecular weight excluding hydrogens is 334 g/mol. The molecule has 0 fully saturated rings. The molecule has 0 radical (unpaired) electrons. The van der Waals surface area contributed by atoms with Crippen LogP contribution in [0.5, 0.6) is 11.5 Å². The highest BCUT2D eigenvalue weighted by molar-refractivity contribution is 5.89. The van der Waals surface area contributed by atoms with E-state index < -0.39 is 4.92 Å². The largest absolute Gasteiger partial charge is 0.507 e. The molecule has 4 rings (SSSR count). The summed E-state index contributed by atoms with van der Waals surface area (Å²) in [7, 11) is 0. The van der Waals surface area contributed by atoms with E-state index in [-0.39, 0.29) is 22.9 Å². The summed E-state index contributed by atoms with van der Waals surface area (Å²) in [6, 6.07) is 5.62. The van der Waals surface area contributed by atoms with Crippen LogP contribution in [0.15, 0.2) is 29.3 Å². The third-order valence-corrected chi connectivity index (χ3v) is 5.04. The van der Waals surface area contributed by atoms with E-state index in [1.807, 2.05) is 6.07 Å². The molecule has 2 heterocycles. The van der Waals surface area contributed by atoms with Crippen molar-refractivity contribution < 1.29 is 15.1 Å². The smallest absolute Gasteiger partial charge is 0.271 e. The number of nitrogens with zero attached hydrogens (tertiary/aromatic N) is 3. The van der Waals surface area contributed by atoms with Gasteiger partial charge in [-0.05, 0) is 43.4 Å². The first-order valence-corrected chi connectivity index (χ1v) is 8.69. The Morgan fingerprint density at radius 3 is 2.69 bits per heavy atom. The van der Waals surface area contributed by atoms with E-state index in [0.29, 0.717) is 5.56 Å². The van der Waals surface area contributed by atoms with Gasteiger partial charge in [0.15, 0.2) is 0 Å². The van der Waals surface area contributed by atoms with Crippen molar-refractivity contribution in [3.63, 3.8) is 0 Å². The molecule has 0 saturated carbocycles. The first-order valence-electron chi connectivity index (χ1n) is 8.69. The highest BCUT2D eigenvalue weighted by Crippen LogP contribution is 2.41. The Morgan fingerprint density at radius 2 is 1.92 bits per heavy atom. The predicted molar refractivity (Wildman–Crippen MR) is 99.0 cm³/mol. The number of phenolic OH excluding ortho intramolecular Hbond substituents is 2. The molecule has 7 nitrogen and oxygen atoms in total. The van der Waals surface area contributed by atoms with E-state index in [2.05, 4.69) is 9.89 Å². The molecule has 0 aromatic heterocycles. The number of non-ortho nitro benzene ring substituents is 1. The Bertz CT molecular complexity index is 921. The van der Waals surface area contributed by atoms with Crippen molar-refractivity contribution in [2.75, 3.05) is 18.0 Å². The molecule has 2 aliphatic heterocycles. The van der Waals surface area contributed by atoms with E-state index in [0.717, 1.165) is 50.0 Å². The topological polar surface area (TPSA) is 99.2 Å². The maximum Gasteiger partial charge on any atom is 0.271 e. The quantitative estimate of drug-likeness (QED) is 0.500. The lowest BCUT2D eigenvalue weighted by Gasteiger charge is -2.37. The number of phenols is 2. The second-order valence-corrected chi connectivity index (χ2v) is 6.68. The van der Waals surface area contributed by atoms with Crippen LogP contribution in [-0.4, -0.2) is 34.4 Å². The molecule has 2 aliphatic rings. The van der Waals surface area contributed by atoms with Gasteiger partial charge in [-0.15, -0.1) is 0 Å². The average molecular weight is 353 g/mol. The molecule has 2 aromatic carbocycles. The number of rotatable bonds is 3. The van der Waals surface area contributed by atoms with Gasteiger partial charge >= 0.3 is 0 Å². The molecule has 0 aliphatic carbocycles. The highest BCUT2D eigenvalue weighted by Gasteiger charge is 2.27. The van der Waals surface area contributed by atoms with E-state index >= 15 is 0 Å². The average Bonchev–Trinajstić information content (AvgIpc) is 2.64. The highest BCUT2D eigenvalue weighted by atomic mass is 16.6. The molecule has 2 aromatic rings. The van der Waals surface area contributed by atoms with Crippen molar-refractivity contribution in [3.8, 4) is 11.5 Å². The number of hydrogen-bond donors (Lipinski definition) is 2.